The topological polar surface area (TPSA) is 70.7 Å². The molecule has 7 nitrogen and oxygen atoms in total. The average Bonchev–Trinajstić information content (AvgIpc) is 3.28. The molecule has 0 aliphatic carbocycles. The summed E-state index contributed by atoms with van der Waals surface area (Å²) in [6.07, 6.45) is 5.01. The molecule has 1 saturated heterocycles. The second-order valence-electron chi connectivity index (χ2n) is 7.92. The number of pyridine rings is 2. The molecule has 0 N–H and O–H groups in total. The van der Waals surface area contributed by atoms with Gasteiger partial charge in [-0.05, 0) is 38.7 Å². The van der Waals surface area contributed by atoms with Crippen molar-refractivity contribution in [3.63, 3.8) is 0 Å². The highest BCUT2D eigenvalue weighted by molar-refractivity contribution is 6.36. The lowest BCUT2D eigenvalue weighted by Crippen LogP contribution is -2.24. The van der Waals surface area contributed by atoms with Crippen molar-refractivity contribution in [2.75, 3.05) is 13.2 Å². The van der Waals surface area contributed by atoms with Gasteiger partial charge in [-0.2, -0.15) is 4.39 Å². The van der Waals surface area contributed by atoms with Crippen molar-refractivity contribution in [2.24, 2.45) is 13.0 Å². The number of aromatic nitrogens is 6. The van der Waals surface area contributed by atoms with Gasteiger partial charge in [0.15, 0.2) is 0 Å². The van der Waals surface area contributed by atoms with Gasteiger partial charge in [-0.3, -0.25) is 4.98 Å². The number of halogens is 2. The van der Waals surface area contributed by atoms with E-state index in [9.17, 15) is 4.39 Å². The Morgan fingerprint density at radius 3 is 2.70 bits per heavy atom. The molecule has 0 amide bonds. The molecule has 1 fully saturated rings. The number of rotatable bonds is 3. The zero-order valence-electron chi connectivity index (χ0n) is 17.1. The maximum absolute atomic E-state index is 14.9. The van der Waals surface area contributed by atoms with Crippen LogP contribution in [0.5, 0.6) is 0 Å². The SMILES string of the molecule is Cc1nnn(C)c1-c1cnc2c3c(F)ncc(Cl)c3n([C@H](C)C3CCOCC3)c2c1. The van der Waals surface area contributed by atoms with Crippen LogP contribution >= 0.6 is 11.6 Å². The van der Waals surface area contributed by atoms with E-state index in [1.54, 1.807) is 10.9 Å². The summed E-state index contributed by atoms with van der Waals surface area (Å²) in [5.41, 5.74) is 4.60. The van der Waals surface area contributed by atoms with Crippen LogP contribution in [-0.4, -0.2) is 42.7 Å². The Hall–Kier alpha value is -2.58. The molecule has 30 heavy (non-hydrogen) atoms. The van der Waals surface area contributed by atoms with Crippen LogP contribution in [0, 0.1) is 18.8 Å². The Morgan fingerprint density at radius 2 is 2.00 bits per heavy atom. The molecule has 1 atom stereocenters. The van der Waals surface area contributed by atoms with Crippen molar-refractivity contribution in [1.29, 1.82) is 0 Å². The van der Waals surface area contributed by atoms with Gasteiger partial charge in [-0.15, -0.1) is 5.10 Å². The molecule has 0 saturated carbocycles. The second kappa shape index (κ2) is 7.28. The molecule has 4 aromatic rings. The van der Waals surface area contributed by atoms with E-state index < -0.39 is 5.95 Å². The minimum Gasteiger partial charge on any atom is -0.381 e. The van der Waals surface area contributed by atoms with Gasteiger partial charge in [0.2, 0.25) is 5.95 Å². The molecule has 5 heterocycles. The number of hydrogen-bond donors (Lipinski definition) is 0. The fourth-order valence-electron chi connectivity index (χ4n) is 4.67. The minimum atomic E-state index is -0.559. The van der Waals surface area contributed by atoms with Crippen LogP contribution in [0.1, 0.15) is 31.5 Å². The quantitative estimate of drug-likeness (QED) is 0.450. The van der Waals surface area contributed by atoms with E-state index in [-0.39, 0.29) is 6.04 Å². The van der Waals surface area contributed by atoms with Gasteiger partial charge in [-0.25, -0.2) is 9.67 Å². The van der Waals surface area contributed by atoms with Gasteiger partial charge in [0.1, 0.15) is 5.52 Å². The second-order valence-corrected chi connectivity index (χ2v) is 8.33. The number of fused-ring (bicyclic) bond motifs is 3. The molecule has 0 spiro atoms. The van der Waals surface area contributed by atoms with Gasteiger partial charge in [0.25, 0.3) is 0 Å². The van der Waals surface area contributed by atoms with Crippen LogP contribution in [0.2, 0.25) is 5.02 Å². The first-order chi connectivity index (χ1) is 14.5. The van der Waals surface area contributed by atoms with E-state index in [2.05, 4.69) is 31.8 Å². The van der Waals surface area contributed by atoms with Crippen LogP contribution in [-0.2, 0) is 11.8 Å². The minimum absolute atomic E-state index is 0.0935. The summed E-state index contributed by atoms with van der Waals surface area (Å²) < 4.78 is 24.2. The summed E-state index contributed by atoms with van der Waals surface area (Å²) in [4.78, 5) is 8.49. The third-order valence-electron chi connectivity index (χ3n) is 6.19. The molecule has 1 aliphatic rings. The highest BCUT2D eigenvalue weighted by Crippen LogP contribution is 2.40. The first-order valence-electron chi connectivity index (χ1n) is 10.1. The summed E-state index contributed by atoms with van der Waals surface area (Å²) in [6, 6.07) is 2.12. The first-order valence-corrected chi connectivity index (χ1v) is 10.4. The predicted molar refractivity (Wildman–Crippen MR) is 113 cm³/mol. The smallest absolute Gasteiger partial charge is 0.224 e. The molecular formula is C21H22ClFN6O. The Labute approximate surface area is 177 Å². The van der Waals surface area contributed by atoms with Crippen molar-refractivity contribution in [2.45, 2.75) is 32.7 Å². The summed E-state index contributed by atoms with van der Waals surface area (Å²) in [5, 5.41) is 9.03. The van der Waals surface area contributed by atoms with Gasteiger partial charge < -0.3 is 9.30 Å². The molecule has 0 radical (unpaired) electrons. The van der Waals surface area contributed by atoms with Crippen LogP contribution in [0.3, 0.4) is 0 Å². The van der Waals surface area contributed by atoms with E-state index in [1.165, 1.54) is 6.20 Å². The Morgan fingerprint density at radius 1 is 1.23 bits per heavy atom. The molecular weight excluding hydrogens is 407 g/mol. The molecule has 1 aliphatic heterocycles. The Balaban J connectivity index is 1.82. The lowest BCUT2D eigenvalue weighted by atomic mass is 9.92. The van der Waals surface area contributed by atoms with Crippen LogP contribution in [0.15, 0.2) is 18.5 Å². The summed E-state index contributed by atoms with van der Waals surface area (Å²) in [7, 11) is 1.85. The van der Waals surface area contributed by atoms with Crippen LogP contribution in [0.4, 0.5) is 4.39 Å². The monoisotopic (exact) mass is 428 g/mol. The number of hydrogen-bond acceptors (Lipinski definition) is 5. The molecule has 9 heteroatoms. The number of aryl methyl sites for hydroxylation is 2. The van der Waals surface area contributed by atoms with Gasteiger partial charge in [0.05, 0.1) is 39.0 Å². The van der Waals surface area contributed by atoms with Gasteiger partial charge in [-0.1, -0.05) is 16.8 Å². The molecule has 0 bridgehead atoms. The van der Waals surface area contributed by atoms with Crippen molar-refractivity contribution < 1.29 is 9.13 Å². The normalized spacial score (nSPS) is 16.6. The lowest BCUT2D eigenvalue weighted by Gasteiger charge is -2.30. The van der Waals surface area contributed by atoms with Crippen molar-refractivity contribution in [3.05, 3.63) is 35.1 Å². The fourth-order valence-corrected chi connectivity index (χ4v) is 4.90. The molecule has 156 valence electrons. The van der Waals surface area contributed by atoms with Crippen molar-refractivity contribution >= 4 is 33.5 Å². The fraction of sp³-hybridized carbons (Fsp3) is 0.429. The maximum atomic E-state index is 14.9. The third-order valence-corrected chi connectivity index (χ3v) is 6.47. The number of nitrogens with zero attached hydrogens (tertiary/aromatic N) is 6. The van der Waals surface area contributed by atoms with E-state index >= 15 is 0 Å². The lowest BCUT2D eigenvalue weighted by molar-refractivity contribution is 0.0525. The molecule has 5 rings (SSSR count). The van der Waals surface area contributed by atoms with Crippen LogP contribution < -0.4 is 0 Å². The molecule has 4 aromatic heterocycles. The highest BCUT2D eigenvalue weighted by atomic mass is 35.5. The van der Waals surface area contributed by atoms with Crippen molar-refractivity contribution in [1.82, 2.24) is 29.5 Å². The van der Waals surface area contributed by atoms with E-state index in [0.717, 1.165) is 48.5 Å². The summed E-state index contributed by atoms with van der Waals surface area (Å²) in [6.45, 7) is 5.54. The first kappa shape index (κ1) is 19.4. The van der Waals surface area contributed by atoms with E-state index in [0.29, 0.717) is 27.4 Å². The maximum Gasteiger partial charge on any atom is 0.224 e. The van der Waals surface area contributed by atoms with Gasteiger partial charge in [0, 0.05) is 38.1 Å². The largest absolute Gasteiger partial charge is 0.381 e. The molecule has 0 unspecified atom stereocenters. The third kappa shape index (κ3) is 2.89. The Kier molecular flexibility index (Phi) is 4.71. The number of ether oxygens (including phenoxy) is 1. The summed E-state index contributed by atoms with van der Waals surface area (Å²) in [5.74, 6) is -0.162. The predicted octanol–water partition coefficient (Wildman–Crippen LogP) is 4.47. The average molecular weight is 429 g/mol. The van der Waals surface area contributed by atoms with E-state index in [4.69, 9.17) is 16.3 Å². The summed E-state index contributed by atoms with van der Waals surface area (Å²) >= 11 is 6.55. The zero-order valence-corrected chi connectivity index (χ0v) is 17.8. The Bertz CT molecular complexity index is 1240. The van der Waals surface area contributed by atoms with E-state index in [1.807, 2.05) is 20.0 Å². The zero-order chi connectivity index (χ0) is 21.0. The molecule has 0 aromatic carbocycles. The van der Waals surface area contributed by atoms with Crippen molar-refractivity contribution in [3.8, 4) is 11.3 Å². The van der Waals surface area contributed by atoms with Gasteiger partial charge >= 0.3 is 0 Å². The van der Waals surface area contributed by atoms with Crippen LogP contribution in [0.25, 0.3) is 33.2 Å². The standard InChI is InChI=1S/C21H22ClFN6O/c1-11-19(28(3)27-26-11)14-8-16-18(24-9-14)17-20(15(22)10-25-21(17)23)29(16)12(2)13-4-6-30-7-5-13/h8-10,12-13H,4-7H2,1-3H3/t12-/m1/s1. The highest BCUT2D eigenvalue weighted by Gasteiger charge is 2.28.